The summed E-state index contributed by atoms with van der Waals surface area (Å²) in [5.41, 5.74) is 6.07. The van der Waals surface area contributed by atoms with E-state index >= 15 is 0 Å². The van der Waals surface area contributed by atoms with Gasteiger partial charge in [-0.05, 0) is 38.1 Å². The lowest BCUT2D eigenvalue weighted by Crippen LogP contribution is -2.15. The van der Waals surface area contributed by atoms with Gasteiger partial charge in [0.1, 0.15) is 28.8 Å². The van der Waals surface area contributed by atoms with Crippen molar-refractivity contribution in [2.45, 2.75) is 32.7 Å². The number of nitrogens with two attached hydrogens (primary N) is 1. The molecule has 0 fully saturated rings. The van der Waals surface area contributed by atoms with Crippen LogP contribution in [0.2, 0.25) is 0 Å². The van der Waals surface area contributed by atoms with Gasteiger partial charge in [-0.1, -0.05) is 0 Å². The van der Waals surface area contributed by atoms with Crippen LogP contribution in [-0.2, 0) is 12.7 Å². The van der Waals surface area contributed by atoms with Crippen molar-refractivity contribution in [3.05, 3.63) is 59.3 Å². The molecule has 5 rings (SSSR count). The standard InChI is InChI=1S/C24H19F3N6O3S/c1-11(2)35-15-5-3-13(12-4-6-18(24(25,26)27)32-19(12)15)23-33-21(16(7-28)36-23)22(34)31-14-9-37-17-8-29-10-30-20(14)17/h3-6,8-11H,7,28H2,1-2H3,(H,31,34). The molecule has 0 atom stereocenters. The minimum absolute atomic E-state index is 0.00533. The van der Waals surface area contributed by atoms with Crippen LogP contribution < -0.4 is 15.8 Å². The van der Waals surface area contributed by atoms with Gasteiger partial charge in [-0.2, -0.15) is 13.2 Å². The highest BCUT2D eigenvalue weighted by Crippen LogP contribution is 2.37. The van der Waals surface area contributed by atoms with Crippen molar-refractivity contribution in [2.75, 3.05) is 5.32 Å². The molecule has 0 aliphatic carbocycles. The van der Waals surface area contributed by atoms with Crippen LogP contribution in [0, 0.1) is 0 Å². The summed E-state index contributed by atoms with van der Waals surface area (Å²) >= 11 is 1.37. The van der Waals surface area contributed by atoms with Crippen molar-refractivity contribution >= 4 is 44.1 Å². The van der Waals surface area contributed by atoms with Crippen molar-refractivity contribution in [1.29, 1.82) is 0 Å². The predicted octanol–water partition coefficient (Wildman–Crippen LogP) is 5.41. The third kappa shape index (κ3) is 4.70. The molecule has 4 heterocycles. The monoisotopic (exact) mass is 528 g/mol. The summed E-state index contributed by atoms with van der Waals surface area (Å²) in [5.74, 6) is -0.284. The number of amides is 1. The molecule has 190 valence electrons. The molecule has 13 heteroatoms. The number of oxazole rings is 1. The van der Waals surface area contributed by atoms with Crippen LogP contribution in [0.3, 0.4) is 0 Å². The molecule has 3 N–H and O–H groups in total. The molecule has 0 saturated heterocycles. The first kappa shape index (κ1) is 24.6. The second kappa shape index (κ2) is 9.41. The van der Waals surface area contributed by atoms with Crippen LogP contribution in [-0.4, -0.2) is 31.9 Å². The third-order valence-corrected chi connectivity index (χ3v) is 6.19. The maximum atomic E-state index is 13.4. The van der Waals surface area contributed by atoms with Crippen LogP contribution in [0.4, 0.5) is 18.9 Å². The fraction of sp³-hybridized carbons (Fsp3) is 0.208. The number of carbonyl (C=O) groups excluding carboxylic acids is 1. The molecule has 1 amide bonds. The molecule has 9 nitrogen and oxygen atoms in total. The summed E-state index contributed by atoms with van der Waals surface area (Å²) in [6, 6.07) is 5.23. The Balaban J connectivity index is 1.57. The van der Waals surface area contributed by atoms with Crippen molar-refractivity contribution in [2.24, 2.45) is 5.73 Å². The molecule has 0 radical (unpaired) electrons. The molecule has 0 aliphatic rings. The molecule has 37 heavy (non-hydrogen) atoms. The number of rotatable bonds is 6. The number of nitrogens with one attached hydrogen (secondary N) is 1. The quantitative estimate of drug-likeness (QED) is 0.299. The number of aromatic nitrogens is 4. The first-order valence-corrected chi connectivity index (χ1v) is 11.9. The lowest BCUT2D eigenvalue weighted by atomic mass is 10.1. The second-order valence-corrected chi connectivity index (χ2v) is 9.11. The Morgan fingerprint density at radius 3 is 2.73 bits per heavy atom. The van der Waals surface area contributed by atoms with Crippen LogP contribution in [0.1, 0.15) is 35.8 Å². The van der Waals surface area contributed by atoms with Gasteiger partial charge in [0.25, 0.3) is 5.91 Å². The molecule has 1 aromatic carbocycles. The zero-order valence-electron chi connectivity index (χ0n) is 19.5. The van der Waals surface area contributed by atoms with Gasteiger partial charge in [0.2, 0.25) is 5.89 Å². The van der Waals surface area contributed by atoms with Gasteiger partial charge in [-0.15, -0.1) is 11.3 Å². The van der Waals surface area contributed by atoms with Gasteiger partial charge in [0, 0.05) is 22.5 Å². The summed E-state index contributed by atoms with van der Waals surface area (Å²) < 4.78 is 52.4. The first-order chi connectivity index (χ1) is 17.7. The number of alkyl halides is 3. The molecule has 5 aromatic rings. The van der Waals surface area contributed by atoms with E-state index in [4.69, 9.17) is 14.9 Å². The number of thiophene rings is 1. The van der Waals surface area contributed by atoms with Gasteiger partial charge in [-0.25, -0.2) is 19.9 Å². The molecular weight excluding hydrogens is 509 g/mol. The summed E-state index contributed by atoms with van der Waals surface area (Å²) in [6.07, 6.45) is -1.93. The number of fused-ring (bicyclic) bond motifs is 2. The maximum absolute atomic E-state index is 13.4. The zero-order chi connectivity index (χ0) is 26.3. The van der Waals surface area contributed by atoms with E-state index in [2.05, 4.69) is 25.3 Å². The van der Waals surface area contributed by atoms with Gasteiger partial charge in [-0.3, -0.25) is 4.79 Å². The zero-order valence-corrected chi connectivity index (χ0v) is 20.3. The van der Waals surface area contributed by atoms with E-state index in [0.717, 1.165) is 10.8 Å². The van der Waals surface area contributed by atoms with Crippen molar-refractivity contribution in [3.8, 4) is 17.2 Å². The Morgan fingerprint density at radius 2 is 2.00 bits per heavy atom. The number of hydrogen-bond acceptors (Lipinski definition) is 9. The Kier molecular flexibility index (Phi) is 6.25. The summed E-state index contributed by atoms with van der Waals surface area (Å²) in [6.45, 7) is 3.37. The summed E-state index contributed by atoms with van der Waals surface area (Å²) in [4.78, 5) is 29.4. The first-order valence-electron chi connectivity index (χ1n) is 11.0. The average molecular weight is 529 g/mol. The maximum Gasteiger partial charge on any atom is 0.433 e. The number of halogens is 3. The van der Waals surface area contributed by atoms with E-state index in [0.29, 0.717) is 22.2 Å². The normalized spacial score (nSPS) is 12.0. The molecule has 0 bridgehead atoms. The lowest BCUT2D eigenvalue weighted by molar-refractivity contribution is -0.140. The predicted molar refractivity (Wildman–Crippen MR) is 131 cm³/mol. The number of ether oxygens (including phenoxy) is 1. The fourth-order valence-electron chi connectivity index (χ4n) is 3.72. The fourth-order valence-corrected chi connectivity index (χ4v) is 4.53. The van der Waals surface area contributed by atoms with Crippen LogP contribution >= 0.6 is 11.3 Å². The second-order valence-electron chi connectivity index (χ2n) is 8.20. The smallest absolute Gasteiger partial charge is 0.433 e. The van der Waals surface area contributed by atoms with Gasteiger partial charge >= 0.3 is 6.18 Å². The third-order valence-electron chi connectivity index (χ3n) is 5.29. The van der Waals surface area contributed by atoms with Crippen LogP contribution in [0.15, 0.2) is 46.6 Å². The molecule has 0 spiro atoms. The molecular formula is C24H19F3N6O3S. The topological polar surface area (TPSA) is 129 Å². The van der Waals surface area contributed by atoms with E-state index in [9.17, 15) is 18.0 Å². The highest BCUT2D eigenvalue weighted by molar-refractivity contribution is 7.17. The van der Waals surface area contributed by atoms with E-state index in [1.54, 1.807) is 31.5 Å². The Labute approximate surface area is 211 Å². The number of carbonyl (C=O) groups is 1. The highest BCUT2D eigenvalue weighted by atomic mass is 32.1. The van der Waals surface area contributed by atoms with E-state index in [-0.39, 0.29) is 41.3 Å². The number of benzene rings is 1. The van der Waals surface area contributed by atoms with E-state index in [1.807, 2.05) is 0 Å². The van der Waals surface area contributed by atoms with Crippen molar-refractivity contribution in [3.63, 3.8) is 0 Å². The van der Waals surface area contributed by atoms with Gasteiger partial charge in [0.15, 0.2) is 11.5 Å². The van der Waals surface area contributed by atoms with E-state index in [1.165, 1.54) is 29.8 Å². The molecule has 4 aromatic heterocycles. The average Bonchev–Trinajstić information content (AvgIpc) is 3.47. The Hall–Kier alpha value is -4.10. The molecule has 0 saturated carbocycles. The number of nitrogens with zero attached hydrogens (tertiary/aromatic N) is 4. The summed E-state index contributed by atoms with van der Waals surface area (Å²) in [7, 11) is 0. The minimum Gasteiger partial charge on any atom is -0.489 e. The lowest BCUT2D eigenvalue weighted by Gasteiger charge is -2.14. The highest BCUT2D eigenvalue weighted by Gasteiger charge is 2.33. The Morgan fingerprint density at radius 1 is 1.19 bits per heavy atom. The minimum atomic E-state index is -4.64. The SMILES string of the molecule is CC(C)Oc1ccc(-c2nc(C(=O)Nc3csc4cncnc34)c(CN)o2)c2ccc(C(F)(F)F)nc12. The molecule has 0 aliphatic heterocycles. The van der Waals surface area contributed by atoms with Crippen LogP contribution in [0.25, 0.3) is 32.6 Å². The van der Waals surface area contributed by atoms with Gasteiger partial charge in [0.05, 0.1) is 23.0 Å². The summed E-state index contributed by atoms with van der Waals surface area (Å²) in [5, 5.41) is 4.79. The Bertz CT molecular complexity index is 1630. The van der Waals surface area contributed by atoms with Crippen molar-refractivity contribution < 1.29 is 27.1 Å². The van der Waals surface area contributed by atoms with Crippen molar-refractivity contribution in [1.82, 2.24) is 19.9 Å². The number of hydrogen-bond donors (Lipinski definition) is 2. The van der Waals surface area contributed by atoms with Gasteiger partial charge < -0.3 is 20.2 Å². The van der Waals surface area contributed by atoms with E-state index < -0.39 is 17.8 Å². The largest absolute Gasteiger partial charge is 0.489 e. The number of anilines is 1. The number of pyridine rings is 1. The van der Waals surface area contributed by atoms with Crippen LogP contribution in [0.5, 0.6) is 5.75 Å². The molecule has 0 unspecified atom stereocenters.